The van der Waals surface area contributed by atoms with Crippen molar-refractivity contribution in [1.82, 2.24) is 0 Å². The zero-order valence-electron chi connectivity index (χ0n) is 44.3. The molecule has 0 N–H and O–H groups in total. The summed E-state index contributed by atoms with van der Waals surface area (Å²) in [5.74, 6) is 0. The molecule has 76 heavy (non-hydrogen) atoms. The molecule has 0 atom stereocenters. The molecule has 12 aromatic carbocycles. The molecular formula is C74H62N2. The number of rotatable bonds is 10. The van der Waals surface area contributed by atoms with Gasteiger partial charge in [-0.05, 0) is 148 Å². The Morgan fingerprint density at radius 1 is 0.263 bits per heavy atom. The predicted octanol–water partition coefficient (Wildman–Crippen LogP) is 21.3. The first kappa shape index (κ1) is 48.0. The van der Waals surface area contributed by atoms with Crippen molar-refractivity contribution < 1.29 is 0 Å². The Balaban J connectivity index is 0.781. The molecule has 0 heterocycles. The first-order chi connectivity index (χ1) is 36.9. The normalized spacial score (nSPS) is 12.0. The average molecular weight is 979 g/mol. The fourth-order valence-electron chi connectivity index (χ4n) is 10.9. The van der Waals surface area contributed by atoms with Crippen LogP contribution in [0.25, 0.3) is 77.5 Å². The molecule has 0 aliphatic rings. The highest BCUT2D eigenvalue weighted by Crippen LogP contribution is 2.45. The maximum Gasteiger partial charge on any atom is 0.0546 e. The van der Waals surface area contributed by atoms with E-state index in [1.165, 1.54) is 76.5 Å². The lowest BCUT2D eigenvalue weighted by Gasteiger charge is -2.29. The first-order valence-corrected chi connectivity index (χ1v) is 26.6. The van der Waals surface area contributed by atoms with E-state index in [1.54, 1.807) is 0 Å². The van der Waals surface area contributed by atoms with Gasteiger partial charge >= 0.3 is 0 Å². The number of benzene rings is 12. The third kappa shape index (κ3) is 9.44. The molecule has 0 amide bonds. The van der Waals surface area contributed by atoms with Crippen molar-refractivity contribution >= 4 is 89.4 Å². The summed E-state index contributed by atoms with van der Waals surface area (Å²) in [5, 5.41) is 9.95. The minimum atomic E-state index is 0.0647. The minimum absolute atomic E-state index is 0.0647. The summed E-state index contributed by atoms with van der Waals surface area (Å²) in [7, 11) is 0. The van der Waals surface area contributed by atoms with Crippen molar-refractivity contribution in [3.05, 3.63) is 277 Å². The second kappa shape index (κ2) is 19.7. The van der Waals surface area contributed by atoms with Crippen LogP contribution in [-0.2, 0) is 10.8 Å². The quantitative estimate of drug-likeness (QED) is 0.0995. The SMILES string of the molecule is CC(C)(C)c1ccc(N(c2ccc(-c3ccc(/C=C/c4ccc(-c5ccc(N(c6ccc(C(C)(C)C)cc6)c6cc7ccccc7c7ccccc67)cc5)cc4)cc3)cc2)c2cc3ccccc3c3ccccc23)cc1. The topological polar surface area (TPSA) is 6.48 Å². The van der Waals surface area contributed by atoms with Crippen LogP contribution in [0.2, 0.25) is 0 Å². The van der Waals surface area contributed by atoms with Crippen LogP contribution in [0.5, 0.6) is 0 Å². The second-order valence-electron chi connectivity index (χ2n) is 22.3. The van der Waals surface area contributed by atoms with Gasteiger partial charge in [-0.3, -0.25) is 0 Å². The highest BCUT2D eigenvalue weighted by Gasteiger charge is 2.22. The lowest BCUT2D eigenvalue weighted by Crippen LogP contribution is -2.13. The number of hydrogen-bond donors (Lipinski definition) is 0. The van der Waals surface area contributed by atoms with E-state index in [4.69, 9.17) is 0 Å². The van der Waals surface area contributed by atoms with E-state index in [0.717, 1.165) is 45.3 Å². The van der Waals surface area contributed by atoms with E-state index < -0.39 is 0 Å². The van der Waals surface area contributed by atoms with Crippen LogP contribution in [0.1, 0.15) is 63.8 Å². The van der Waals surface area contributed by atoms with Gasteiger partial charge in [-0.1, -0.05) is 248 Å². The van der Waals surface area contributed by atoms with Crippen molar-refractivity contribution in [3.63, 3.8) is 0 Å². The van der Waals surface area contributed by atoms with E-state index in [1.807, 2.05) is 0 Å². The second-order valence-corrected chi connectivity index (χ2v) is 22.3. The van der Waals surface area contributed by atoms with E-state index in [-0.39, 0.29) is 10.8 Å². The van der Waals surface area contributed by atoms with Crippen LogP contribution in [0, 0.1) is 0 Å². The van der Waals surface area contributed by atoms with E-state index in [2.05, 4.69) is 318 Å². The summed E-state index contributed by atoms with van der Waals surface area (Å²) in [6, 6.07) is 93.7. The molecule has 0 unspecified atom stereocenters. The highest BCUT2D eigenvalue weighted by atomic mass is 15.1. The Morgan fingerprint density at radius 3 is 0.842 bits per heavy atom. The molecule has 12 aromatic rings. The van der Waals surface area contributed by atoms with Crippen LogP contribution >= 0.6 is 0 Å². The standard InChI is InChI=1S/C74H62N2/c1-73(2,3)59-37-45-63(46-38-59)75(71-49-57-15-7-9-17-65(57)67-19-11-13-21-69(67)71)61-41-33-55(34-42-61)53-29-25-51(26-30-53)23-24-52-27-31-54(32-28-52)56-35-43-62(44-36-56)76(64-47-39-60(40-48-64)74(4,5)6)72-50-58-16-8-10-18-66(58)68-20-12-14-22-70(68)72/h7-50H,1-6H3/b24-23+. The van der Waals surface area contributed by atoms with E-state index in [9.17, 15) is 0 Å². The van der Waals surface area contributed by atoms with Gasteiger partial charge in [0.15, 0.2) is 0 Å². The molecule has 368 valence electrons. The highest BCUT2D eigenvalue weighted by molar-refractivity contribution is 6.16. The maximum absolute atomic E-state index is 2.41. The molecule has 0 fully saturated rings. The Kier molecular flexibility index (Phi) is 12.4. The van der Waals surface area contributed by atoms with Crippen LogP contribution < -0.4 is 9.80 Å². The summed E-state index contributed by atoms with van der Waals surface area (Å²) in [6.07, 6.45) is 4.40. The zero-order valence-corrected chi connectivity index (χ0v) is 44.3. The molecule has 0 radical (unpaired) electrons. The lowest BCUT2D eigenvalue weighted by molar-refractivity contribution is 0.590. The molecule has 2 heteroatoms. The summed E-state index contributed by atoms with van der Waals surface area (Å²) in [4.78, 5) is 4.83. The molecule has 12 rings (SSSR count). The molecule has 0 spiro atoms. The molecule has 0 aliphatic heterocycles. The predicted molar refractivity (Wildman–Crippen MR) is 329 cm³/mol. The molecule has 0 bridgehead atoms. The Hall–Kier alpha value is -8.98. The summed E-state index contributed by atoms with van der Waals surface area (Å²) in [5.41, 5.74) is 16.6. The van der Waals surface area contributed by atoms with Crippen LogP contribution in [0.3, 0.4) is 0 Å². The van der Waals surface area contributed by atoms with Crippen LogP contribution in [-0.4, -0.2) is 0 Å². The first-order valence-electron chi connectivity index (χ1n) is 26.6. The van der Waals surface area contributed by atoms with Gasteiger partial charge in [-0.2, -0.15) is 0 Å². The van der Waals surface area contributed by atoms with Crippen LogP contribution in [0.4, 0.5) is 34.1 Å². The lowest BCUT2D eigenvalue weighted by atomic mass is 9.87. The molecule has 0 aliphatic carbocycles. The Bertz CT molecular complexity index is 3790. The van der Waals surface area contributed by atoms with Gasteiger partial charge in [0.05, 0.1) is 11.4 Å². The number of nitrogens with zero attached hydrogens (tertiary/aromatic N) is 2. The van der Waals surface area contributed by atoms with Gasteiger partial charge in [-0.15, -0.1) is 0 Å². The van der Waals surface area contributed by atoms with Crippen molar-refractivity contribution in [2.45, 2.75) is 52.4 Å². The van der Waals surface area contributed by atoms with Crippen molar-refractivity contribution in [2.75, 3.05) is 9.80 Å². The molecule has 0 aromatic heterocycles. The number of anilines is 6. The van der Waals surface area contributed by atoms with Crippen molar-refractivity contribution in [3.8, 4) is 22.3 Å². The summed E-state index contributed by atoms with van der Waals surface area (Å²) in [6.45, 7) is 13.6. The smallest absolute Gasteiger partial charge is 0.0546 e. The van der Waals surface area contributed by atoms with Gasteiger partial charge in [-0.25, -0.2) is 0 Å². The Labute approximate surface area is 448 Å². The zero-order chi connectivity index (χ0) is 52.0. The summed E-state index contributed by atoms with van der Waals surface area (Å²) >= 11 is 0. The number of fused-ring (bicyclic) bond motifs is 6. The third-order valence-electron chi connectivity index (χ3n) is 15.2. The van der Waals surface area contributed by atoms with Gasteiger partial charge in [0.2, 0.25) is 0 Å². The van der Waals surface area contributed by atoms with Crippen molar-refractivity contribution in [1.29, 1.82) is 0 Å². The number of hydrogen-bond acceptors (Lipinski definition) is 2. The van der Waals surface area contributed by atoms with E-state index >= 15 is 0 Å². The summed E-state index contributed by atoms with van der Waals surface area (Å²) < 4.78 is 0. The monoisotopic (exact) mass is 978 g/mol. The largest absolute Gasteiger partial charge is 0.310 e. The van der Waals surface area contributed by atoms with E-state index in [0.29, 0.717) is 0 Å². The molecule has 2 nitrogen and oxygen atoms in total. The average Bonchev–Trinajstić information content (AvgIpc) is 3.46. The van der Waals surface area contributed by atoms with Gasteiger partial charge in [0, 0.05) is 33.5 Å². The molecular weight excluding hydrogens is 917 g/mol. The maximum atomic E-state index is 2.41. The van der Waals surface area contributed by atoms with Gasteiger partial charge in [0.1, 0.15) is 0 Å². The van der Waals surface area contributed by atoms with Gasteiger partial charge in [0.25, 0.3) is 0 Å². The minimum Gasteiger partial charge on any atom is -0.310 e. The van der Waals surface area contributed by atoms with Gasteiger partial charge < -0.3 is 9.80 Å². The molecule has 0 saturated carbocycles. The third-order valence-corrected chi connectivity index (χ3v) is 15.2. The van der Waals surface area contributed by atoms with Crippen LogP contribution in [0.15, 0.2) is 255 Å². The molecule has 0 saturated heterocycles. The van der Waals surface area contributed by atoms with Crippen molar-refractivity contribution in [2.24, 2.45) is 0 Å². The fourth-order valence-corrected chi connectivity index (χ4v) is 10.9. The Morgan fingerprint density at radius 2 is 0.526 bits per heavy atom. The fraction of sp³-hybridized carbons (Fsp3) is 0.108.